The first-order chi connectivity index (χ1) is 8.86. The fourth-order valence-electron chi connectivity index (χ4n) is 2.09. The van der Waals surface area contributed by atoms with Gasteiger partial charge in [-0.15, -0.1) is 0 Å². The highest BCUT2D eigenvalue weighted by Crippen LogP contribution is 2.36. The van der Waals surface area contributed by atoms with Gasteiger partial charge in [-0.25, -0.2) is 0 Å². The highest BCUT2D eigenvalue weighted by molar-refractivity contribution is 6.62. The number of hydrogen-bond acceptors (Lipinski definition) is 3. The van der Waals surface area contributed by atoms with Gasteiger partial charge in [0.25, 0.3) is 0 Å². The lowest BCUT2D eigenvalue weighted by atomic mass is 9.79. The molecule has 0 bridgehead atoms. The van der Waals surface area contributed by atoms with Gasteiger partial charge in [-0.05, 0) is 58.7 Å². The molecule has 3 nitrogen and oxygen atoms in total. The Bertz CT molecular complexity index is 412. The Morgan fingerprint density at radius 2 is 1.53 bits per heavy atom. The summed E-state index contributed by atoms with van der Waals surface area (Å²) in [7, 11) is 1.71. The van der Waals surface area contributed by atoms with Crippen LogP contribution in [0.15, 0.2) is 24.3 Å². The van der Waals surface area contributed by atoms with E-state index in [0.29, 0.717) is 0 Å². The van der Waals surface area contributed by atoms with E-state index in [0.717, 1.165) is 18.4 Å². The molecule has 0 aliphatic carbocycles. The quantitative estimate of drug-likeness (QED) is 0.837. The predicted molar refractivity (Wildman–Crippen MR) is 79.8 cm³/mol. The molecule has 1 N–H and O–H groups in total. The van der Waals surface area contributed by atoms with Gasteiger partial charge in [0.05, 0.1) is 11.2 Å². The number of likely N-dealkylation sites (N-methyl/N-ethyl adjacent to an activating group) is 1. The molecule has 1 saturated heterocycles. The molecule has 1 aliphatic rings. The lowest BCUT2D eigenvalue weighted by Crippen LogP contribution is -2.41. The van der Waals surface area contributed by atoms with Gasteiger partial charge in [0, 0.05) is 0 Å². The van der Waals surface area contributed by atoms with Crippen LogP contribution in [0.3, 0.4) is 0 Å². The zero-order valence-corrected chi connectivity index (χ0v) is 12.6. The van der Waals surface area contributed by atoms with Gasteiger partial charge in [-0.2, -0.15) is 0 Å². The number of nitrogens with one attached hydrogen (secondary N) is 1. The Morgan fingerprint density at radius 3 is 2.00 bits per heavy atom. The van der Waals surface area contributed by atoms with Crippen LogP contribution in [0.1, 0.15) is 33.3 Å². The second kappa shape index (κ2) is 5.27. The molecule has 1 aromatic rings. The molecule has 0 radical (unpaired) electrons. The Kier molecular flexibility index (Phi) is 4.04. The molecule has 1 aliphatic heterocycles. The van der Waals surface area contributed by atoms with Gasteiger partial charge >= 0.3 is 7.12 Å². The molecule has 0 saturated carbocycles. The maximum atomic E-state index is 6.04. The fraction of sp³-hybridized carbons (Fsp3) is 0.600. The van der Waals surface area contributed by atoms with Crippen molar-refractivity contribution < 1.29 is 9.31 Å². The molecule has 104 valence electrons. The summed E-state index contributed by atoms with van der Waals surface area (Å²) < 4.78 is 12.1. The zero-order chi connectivity index (χ0) is 14.1. The number of benzene rings is 1. The van der Waals surface area contributed by atoms with Gasteiger partial charge in [0.15, 0.2) is 0 Å². The van der Waals surface area contributed by atoms with E-state index in [2.05, 4.69) is 57.3 Å². The summed E-state index contributed by atoms with van der Waals surface area (Å²) >= 11 is 0. The minimum absolute atomic E-state index is 0.261. The lowest BCUT2D eigenvalue weighted by molar-refractivity contribution is 0.00578. The third-order valence-corrected chi connectivity index (χ3v) is 4.17. The van der Waals surface area contributed by atoms with Crippen molar-refractivity contribution >= 4 is 12.6 Å². The Labute approximate surface area is 116 Å². The molecule has 0 amide bonds. The van der Waals surface area contributed by atoms with Crippen molar-refractivity contribution in [2.24, 2.45) is 0 Å². The van der Waals surface area contributed by atoms with Crippen LogP contribution >= 0.6 is 0 Å². The van der Waals surface area contributed by atoms with E-state index < -0.39 is 0 Å². The average molecular weight is 261 g/mol. The molecule has 0 spiro atoms. The van der Waals surface area contributed by atoms with Crippen LogP contribution in [0, 0.1) is 0 Å². The van der Waals surface area contributed by atoms with Gasteiger partial charge in [0.1, 0.15) is 0 Å². The second-order valence-electron chi connectivity index (χ2n) is 6.18. The van der Waals surface area contributed by atoms with Crippen LogP contribution in [-0.4, -0.2) is 31.9 Å². The molecular formula is C15H24BNO2. The van der Waals surface area contributed by atoms with E-state index in [9.17, 15) is 0 Å². The van der Waals surface area contributed by atoms with Gasteiger partial charge in [-0.1, -0.05) is 24.3 Å². The Balaban J connectivity index is 2.08. The highest BCUT2D eigenvalue weighted by Gasteiger charge is 2.51. The van der Waals surface area contributed by atoms with Crippen LogP contribution in [0.5, 0.6) is 0 Å². The highest BCUT2D eigenvalue weighted by atomic mass is 16.7. The zero-order valence-electron chi connectivity index (χ0n) is 12.6. The van der Waals surface area contributed by atoms with E-state index in [1.807, 2.05) is 7.05 Å². The smallest absolute Gasteiger partial charge is 0.399 e. The molecule has 4 heteroatoms. The molecule has 19 heavy (non-hydrogen) atoms. The largest absolute Gasteiger partial charge is 0.494 e. The maximum Gasteiger partial charge on any atom is 0.494 e. The first kappa shape index (κ1) is 14.6. The van der Waals surface area contributed by atoms with Gasteiger partial charge in [-0.3, -0.25) is 0 Å². The lowest BCUT2D eigenvalue weighted by Gasteiger charge is -2.32. The second-order valence-corrected chi connectivity index (χ2v) is 6.18. The van der Waals surface area contributed by atoms with Crippen molar-refractivity contribution in [3.05, 3.63) is 29.8 Å². The normalized spacial score (nSPS) is 20.8. The Morgan fingerprint density at radius 1 is 1.00 bits per heavy atom. The van der Waals surface area contributed by atoms with Crippen molar-refractivity contribution in [1.82, 2.24) is 5.32 Å². The molecule has 0 unspecified atom stereocenters. The SMILES string of the molecule is CNCCc1ccc(B2OC(C)(C)C(C)(C)O2)cc1. The number of hydrogen-bond donors (Lipinski definition) is 1. The van der Waals surface area contributed by atoms with Gasteiger partial charge in [0.2, 0.25) is 0 Å². The third-order valence-electron chi connectivity index (χ3n) is 4.17. The molecule has 0 aromatic heterocycles. The summed E-state index contributed by atoms with van der Waals surface area (Å²) in [5, 5.41) is 3.16. The summed E-state index contributed by atoms with van der Waals surface area (Å²) in [6, 6.07) is 8.51. The standard InChI is InChI=1S/C15H24BNO2/c1-14(2)15(3,4)19-16(18-14)13-8-6-12(7-9-13)10-11-17-5/h6-9,17H,10-11H2,1-5H3. The molecule has 1 heterocycles. The van der Waals surface area contributed by atoms with Crippen LogP contribution in [0.25, 0.3) is 0 Å². The third kappa shape index (κ3) is 3.02. The molecule has 1 aromatic carbocycles. The summed E-state index contributed by atoms with van der Waals surface area (Å²) in [4.78, 5) is 0. The Hall–Kier alpha value is -0.835. The molecule has 2 rings (SSSR count). The van der Waals surface area contributed by atoms with E-state index in [1.165, 1.54) is 5.56 Å². The van der Waals surface area contributed by atoms with E-state index in [4.69, 9.17) is 9.31 Å². The molecule has 0 atom stereocenters. The molecular weight excluding hydrogens is 237 g/mol. The molecule has 1 fully saturated rings. The van der Waals surface area contributed by atoms with E-state index >= 15 is 0 Å². The van der Waals surface area contributed by atoms with Crippen molar-refractivity contribution in [1.29, 1.82) is 0 Å². The summed E-state index contributed by atoms with van der Waals surface area (Å²) in [6.45, 7) is 9.31. The van der Waals surface area contributed by atoms with E-state index in [1.54, 1.807) is 0 Å². The first-order valence-electron chi connectivity index (χ1n) is 6.95. The minimum atomic E-state index is -0.275. The van der Waals surface area contributed by atoms with Crippen molar-refractivity contribution in [3.8, 4) is 0 Å². The fourth-order valence-corrected chi connectivity index (χ4v) is 2.09. The minimum Gasteiger partial charge on any atom is -0.399 e. The maximum absolute atomic E-state index is 6.04. The van der Waals surface area contributed by atoms with E-state index in [-0.39, 0.29) is 18.3 Å². The predicted octanol–water partition coefficient (Wildman–Crippen LogP) is 1.75. The first-order valence-corrected chi connectivity index (χ1v) is 6.95. The average Bonchev–Trinajstić information content (AvgIpc) is 2.56. The summed E-state index contributed by atoms with van der Waals surface area (Å²) in [5.74, 6) is 0. The van der Waals surface area contributed by atoms with Crippen molar-refractivity contribution in [2.75, 3.05) is 13.6 Å². The summed E-state index contributed by atoms with van der Waals surface area (Å²) in [5.41, 5.74) is 1.87. The van der Waals surface area contributed by atoms with Crippen LogP contribution in [0.2, 0.25) is 0 Å². The summed E-state index contributed by atoms with van der Waals surface area (Å²) in [6.07, 6.45) is 1.04. The number of rotatable bonds is 4. The van der Waals surface area contributed by atoms with Crippen molar-refractivity contribution in [3.63, 3.8) is 0 Å². The van der Waals surface area contributed by atoms with Gasteiger partial charge < -0.3 is 14.6 Å². The van der Waals surface area contributed by atoms with Crippen molar-refractivity contribution in [2.45, 2.75) is 45.3 Å². The monoisotopic (exact) mass is 261 g/mol. The van der Waals surface area contributed by atoms with Crippen LogP contribution in [-0.2, 0) is 15.7 Å². The van der Waals surface area contributed by atoms with Crippen LogP contribution < -0.4 is 10.8 Å². The van der Waals surface area contributed by atoms with Crippen LogP contribution in [0.4, 0.5) is 0 Å². The topological polar surface area (TPSA) is 30.5 Å².